The van der Waals surface area contributed by atoms with Gasteiger partial charge in [-0.05, 0) is 0 Å². The normalized spacial score (nSPS) is 10.7. The Kier molecular flexibility index (Phi) is 16.4. The Balaban J connectivity index is 0. The second-order valence-electron chi connectivity index (χ2n) is 6.08. The molecule has 0 radical (unpaired) electrons. The average molecular weight is 652 g/mol. The van der Waals surface area contributed by atoms with Crippen LogP contribution in [0.1, 0.15) is 12.8 Å². The van der Waals surface area contributed by atoms with Gasteiger partial charge >= 0.3 is 151 Å². The third-order valence-corrected chi connectivity index (χ3v) is 6.49. The van der Waals surface area contributed by atoms with Gasteiger partial charge < -0.3 is 10.5 Å². The minimum Gasteiger partial charge on any atom is -0.412 e. The zero-order valence-corrected chi connectivity index (χ0v) is 25.9. The zero-order valence-electron chi connectivity index (χ0n) is 18.4. The molecule has 32 heavy (non-hydrogen) atoms. The van der Waals surface area contributed by atoms with Crippen molar-refractivity contribution in [2.24, 2.45) is 14.1 Å². The van der Waals surface area contributed by atoms with E-state index in [0.29, 0.717) is 43.8 Å². The van der Waals surface area contributed by atoms with Crippen LogP contribution in [0.4, 0.5) is 4.79 Å². The molecule has 0 aliphatic rings. The molecule has 3 amide bonds. The Morgan fingerprint density at radius 2 is 1.88 bits per heavy atom. The number of rotatable bonds is 7. The van der Waals surface area contributed by atoms with Crippen molar-refractivity contribution in [3.05, 3.63) is 27.2 Å². The number of carbonyl (C=O) groups is 3. The number of aromatic nitrogens is 4. The van der Waals surface area contributed by atoms with Crippen LogP contribution in [-0.2, 0) is 54.5 Å². The molecule has 1 unspecified atom stereocenters. The number of nitrogens with zero attached hydrogens (tertiary/aromatic N) is 3. The van der Waals surface area contributed by atoms with E-state index in [2.05, 4.69) is 15.3 Å². The number of hydrogen-bond donors (Lipinski definition) is 3. The van der Waals surface area contributed by atoms with E-state index < -0.39 is 24.3 Å². The number of aryl methyl sites for hydroxylation is 1. The van der Waals surface area contributed by atoms with Gasteiger partial charge in [-0.1, -0.05) is 0 Å². The number of hydrogen-bond acceptors (Lipinski definition) is 8. The molecule has 0 bridgehead atoms. The first-order valence-electron chi connectivity index (χ1n) is 8.81. The van der Waals surface area contributed by atoms with Crippen molar-refractivity contribution < 1.29 is 85.4 Å². The van der Waals surface area contributed by atoms with E-state index in [0.717, 1.165) is 8.50 Å². The van der Waals surface area contributed by atoms with E-state index in [1.165, 1.54) is 17.9 Å². The average Bonchev–Trinajstić information content (AvgIpc) is 3.20. The molecule has 16 heteroatoms. The molecular formula is C16H24HgN6NaO8. The van der Waals surface area contributed by atoms with Crippen LogP contribution in [0.3, 0.4) is 0 Å². The summed E-state index contributed by atoms with van der Waals surface area (Å²) in [5, 5.41) is 14.6. The smallest absolute Gasteiger partial charge is 0.412 e. The van der Waals surface area contributed by atoms with Crippen LogP contribution < -0.4 is 56.5 Å². The topological polar surface area (TPSA) is 212 Å². The number of carbonyl (C=O) groups excluding carboxylic acids is 3. The van der Waals surface area contributed by atoms with Crippen molar-refractivity contribution in [1.29, 1.82) is 0 Å². The number of imidazole rings is 1. The zero-order chi connectivity index (χ0) is 22.8. The number of aromatic amines is 1. The number of amides is 3. The summed E-state index contributed by atoms with van der Waals surface area (Å²) in [6, 6.07) is -0.641. The maximum atomic E-state index is 11.4. The van der Waals surface area contributed by atoms with Crippen LogP contribution in [0.15, 0.2) is 15.9 Å². The molecular weight excluding hydrogens is 628 g/mol. The fourth-order valence-corrected chi connectivity index (χ4v) is 3.94. The summed E-state index contributed by atoms with van der Waals surface area (Å²) in [5.41, 5.74) is 0.0119. The van der Waals surface area contributed by atoms with Crippen LogP contribution >= 0.6 is 0 Å². The number of nitrogens with one attached hydrogen (secondary N) is 3. The van der Waals surface area contributed by atoms with Crippen molar-refractivity contribution in [2.45, 2.75) is 22.9 Å². The summed E-state index contributed by atoms with van der Waals surface area (Å²) in [5.74, 6) is -1.96. The van der Waals surface area contributed by atoms with Gasteiger partial charge in [0.2, 0.25) is 0 Å². The van der Waals surface area contributed by atoms with Gasteiger partial charge in [0.15, 0.2) is 5.65 Å². The number of carboxylic acid groups (broad SMARTS) is 1. The van der Waals surface area contributed by atoms with E-state index in [1.807, 2.05) is 5.32 Å². The predicted octanol–water partition coefficient (Wildman–Crippen LogP) is -6.54. The molecule has 0 fully saturated rings. The molecule has 2 rings (SSSR count). The van der Waals surface area contributed by atoms with Crippen molar-refractivity contribution >= 4 is 29.1 Å². The number of urea groups is 1. The van der Waals surface area contributed by atoms with E-state index in [4.69, 9.17) is 4.74 Å². The number of aliphatic carboxylic acids is 1. The van der Waals surface area contributed by atoms with Gasteiger partial charge in [-0.2, -0.15) is 0 Å². The molecule has 0 aliphatic heterocycles. The quantitative estimate of drug-likeness (QED) is 0.244. The number of fused-ring (bicyclic) bond motifs is 1. The third-order valence-electron chi connectivity index (χ3n) is 3.98. The maximum absolute atomic E-state index is 11.4. The molecule has 5 N–H and O–H groups in total. The Labute approximate surface area is 220 Å². The molecule has 0 aromatic carbocycles. The maximum Gasteiger partial charge on any atom is 1.00 e. The van der Waals surface area contributed by atoms with E-state index in [1.54, 1.807) is 14.2 Å². The Hall–Kier alpha value is -1.58. The van der Waals surface area contributed by atoms with Gasteiger partial charge in [-0.15, -0.1) is 0 Å². The molecule has 14 nitrogen and oxygen atoms in total. The molecule has 2 aromatic rings. The van der Waals surface area contributed by atoms with Gasteiger partial charge in [-0.25, -0.2) is 9.78 Å². The molecule has 2 aromatic heterocycles. The monoisotopic (exact) mass is 653 g/mol. The first-order valence-corrected chi connectivity index (χ1v) is 12.7. The molecule has 0 saturated heterocycles. The standard InChI is InChI=1S/C9H15N2O5.C7H8N4O2.Hg.Na.H2O/c1-6(16-2)5-10-9(15)11-7(12)3-4-8(13)14;1-10-5-4(8-3-9-5)6(12)11(2)7(10)13;;;/h6H,1,3-5H2,2H3,(H,13,14)(H2,10,11,12,15);3H,1-2H3,(H,8,9);;;1H2/q;;;+1;/p-1. The second-order valence-corrected chi connectivity index (χ2v) is 8.33. The van der Waals surface area contributed by atoms with Gasteiger partial charge in [0, 0.05) is 14.1 Å². The van der Waals surface area contributed by atoms with Gasteiger partial charge in [0.05, 0.1) is 6.33 Å². The van der Waals surface area contributed by atoms with Gasteiger partial charge in [0.1, 0.15) is 5.52 Å². The first-order chi connectivity index (χ1) is 14.1. The molecule has 1 atom stereocenters. The number of H-pyrrole nitrogens is 1. The SMILES string of the molecule is COC([CH2][Hg])CNC(=O)NC(=O)CCC(=O)[O-].Cn1c(=O)c2[nH]cnc2n(C)c1=O.O.[Na+]. The summed E-state index contributed by atoms with van der Waals surface area (Å²) >= 11 is 0.574. The van der Waals surface area contributed by atoms with Crippen LogP contribution in [0.5, 0.6) is 0 Å². The molecule has 0 aliphatic carbocycles. The molecule has 2 heterocycles. The van der Waals surface area contributed by atoms with Gasteiger partial charge in [0.25, 0.3) is 5.56 Å². The summed E-state index contributed by atoms with van der Waals surface area (Å²) in [7, 11) is 4.57. The van der Waals surface area contributed by atoms with E-state index in [-0.39, 0.29) is 58.8 Å². The van der Waals surface area contributed by atoms with Gasteiger partial charge in [-0.3, -0.25) is 13.9 Å². The largest absolute Gasteiger partial charge is 1.00 e. The Morgan fingerprint density at radius 1 is 1.25 bits per heavy atom. The first kappa shape index (κ1) is 32.6. The number of carboxylic acids is 1. The molecule has 0 spiro atoms. The summed E-state index contributed by atoms with van der Waals surface area (Å²) in [6.45, 7) is 0.333. The summed E-state index contributed by atoms with van der Waals surface area (Å²) < 4.78 is 8.36. The minimum atomic E-state index is -1.32. The Morgan fingerprint density at radius 3 is 2.41 bits per heavy atom. The number of ether oxygens (including phenoxy) is 1. The summed E-state index contributed by atoms with van der Waals surface area (Å²) in [4.78, 5) is 61.7. The summed E-state index contributed by atoms with van der Waals surface area (Å²) in [6.07, 6.45) is 0.698. The van der Waals surface area contributed by atoms with Crippen molar-refractivity contribution in [1.82, 2.24) is 29.7 Å². The van der Waals surface area contributed by atoms with Crippen LogP contribution in [-0.4, -0.2) is 62.2 Å². The van der Waals surface area contributed by atoms with E-state index >= 15 is 0 Å². The fraction of sp³-hybridized carbons (Fsp3) is 0.500. The van der Waals surface area contributed by atoms with Crippen LogP contribution in [0.2, 0.25) is 3.93 Å². The van der Waals surface area contributed by atoms with E-state index in [9.17, 15) is 29.1 Å². The van der Waals surface area contributed by atoms with Crippen molar-refractivity contribution in [3.8, 4) is 0 Å². The van der Waals surface area contributed by atoms with Crippen molar-refractivity contribution in [3.63, 3.8) is 0 Å². The third kappa shape index (κ3) is 9.91. The van der Waals surface area contributed by atoms with Crippen molar-refractivity contribution in [2.75, 3.05) is 13.7 Å². The molecule has 0 saturated carbocycles. The Bertz CT molecular complexity index is 1020. The predicted molar refractivity (Wildman–Crippen MR) is 102 cm³/mol. The molecule has 169 valence electrons. The van der Waals surface area contributed by atoms with Crippen LogP contribution in [0, 0.1) is 0 Å². The van der Waals surface area contributed by atoms with Crippen LogP contribution in [0.25, 0.3) is 11.2 Å². The number of methoxy groups -OCH3 is 1. The fourth-order valence-electron chi connectivity index (χ4n) is 2.23. The second kappa shape index (κ2) is 16.1. The minimum absolute atomic E-state index is 0. The number of imide groups is 1.